The molecule has 28 heavy (non-hydrogen) atoms. The number of para-hydroxylation sites is 1. The SMILES string of the molecule is CCC(=O)c1ccc(OCC(=O)Nc2ccccc2Cc2ccccc2)cc1. The maximum atomic E-state index is 12.3. The van der Waals surface area contributed by atoms with Crippen molar-refractivity contribution in [2.45, 2.75) is 19.8 Å². The molecular weight excluding hydrogens is 350 g/mol. The average molecular weight is 373 g/mol. The Bertz CT molecular complexity index is 934. The molecule has 0 saturated carbocycles. The van der Waals surface area contributed by atoms with Gasteiger partial charge in [0.05, 0.1) is 0 Å². The molecule has 0 radical (unpaired) electrons. The zero-order chi connectivity index (χ0) is 19.8. The molecule has 142 valence electrons. The summed E-state index contributed by atoms with van der Waals surface area (Å²) >= 11 is 0. The summed E-state index contributed by atoms with van der Waals surface area (Å²) in [6.45, 7) is 1.73. The molecule has 0 heterocycles. The van der Waals surface area contributed by atoms with Crippen LogP contribution in [0.4, 0.5) is 5.69 Å². The van der Waals surface area contributed by atoms with Crippen LogP contribution in [0.25, 0.3) is 0 Å². The second kappa shape index (κ2) is 9.51. The molecule has 0 saturated heterocycles. The number of rotatable bonds is 8. The van der Waals surface area contributed by atoms with Gasteiger partial charge in [0.15, 0.2) is 12.4 Å². The summed E-state index contributed by atoms with van der Waals surface area (Å²) in [5.41, 5.74) is 3.66. The fourth-order valence-electron chi connectivity index (χ4n) is 2.89. The molecular formula is C24H23NO3. The standard InChI is InChI=1S/C24H23NO3/c1-2-23(26)19-12-14-21(15-13-19)28-17-24(27)25-22-11-7-6-10-20(22)16-18-8-4-3-5-9-18/h3-15H,2,16-17H2,1H3,(H,25,27). The predicted molar refractivity (Wildman–Crippen MR) is 111 cm³/mol. The lowest BCUT2D eigenvalue weighted by molar-refractivity contribution is -0.118. The van der Waals surface area contributed by atoms with E-state index in [1.54, 1.807) is 24.3 Å². The lowest BCUT2D eigenvalue weighted by Gasteiger charge is -2.12. The van der Waals surface area contributed by atoms with E-state index in [-0.39, 0.29) is 18.3 Å². The topological polar surface area (TPSA) is 55.4 Å². The first kappa shape index (κ1) is 19.4. The third-order valence-electron chi connectivity index (χ3n) is 4.40. The van der Waals surface area contributed by atoms with Gasteiger partial charge in [-0.25, -0.2) is 0 Å². The van der Waals surface area contributed by atoms with Crippen LogP contribution >= 0.6 is 0 Å². The molecule has 0 atom stereocenters. The minimum atomic E-state index is -0.228. The number of ether oxygens (including phenoxy) is 1. The maximum Gasteiger partial charge on any atom is 0.262 e. The van der Waals surface area contributed by atoms with Gasteiger partial charge in [-0.15, -0.1) is 0 Å². The van der Waals surface area contributed by atoms with Crippen molar-refractivity contribution in [2.24, 2.45) is 0 Å². The van der Waals surface area contributed by atoms with Gasteiger partial charge in [0.2, 0.25) is 0 Å². The maximum absolute atomic E-state index is 12.3. The van der Waals surface area contributed by atoms with Crippen LogP contribution in [-0.4, -0.2) is 18.3 Å². The Morgan fingerprint density at radius 3 is 2.25 bits per heavy atom. The van der Waals surface area contributed by atoms with Gasteiger partial charge in [-0.2, -0.15) is 0 Å². The molecule has 1 amide bonds. The van der Waals surface area contributed by atoms with E-state index in [2.05, 4.69) is 17.4 Å². The van der Waals surface area contributed by atoms with Crippen LogP contribution in [0.2, 0.25) is 0 Å². The Kier molecular flexibility index (Phi) is 6.58. The molecule has 0 aliphatic rings. The molecule has 1 N–H and O–H groups in total. The van der Waals surface area contributed by atoms with E-state index < -0.39 is 0 Å². The number of Topliss-reactive ketones (excluding diaryl/α,β-unsaturated/α-hetero) is 1. The molecule has 0 unspecified atom stereocenters. The normalized spacial score (nSPS) is 10.3. The Morgan fingerprint density at radius 1 is 0.857 bits per heavy atom. The molecule has 0 aliphatic carbocycles. The van der Waals surface area contributed by atoms with Gasteiger partial charge in [0, 0.05) is 17.7 Å². The number of hydrogen-bond donors (Lipinski definition) is 1. The van der Waals surface area contributed by atoms with Crippen molar-refractivity contribution in [3.8, 4) is 5.75 Å². The van der Waals surface area contributed by atoms with Crippen molar-refractivity contribution < 1.29 is 14.3 Å². The number of hydrogen-bond acceptors (Lipinski definition) is 3. The summed E-state index contributed by atoms with van der Waals surface area (Å²) in [4.78, 5) is 24.0. The third-order valence-corrected chi connectivity index (χ3v) is 4.40. The van der Waals surface area contributed by atoms with Crippen molar-refractivity contribution >= 4 is 17.4 Å². The number of carbonyl (C=O) groups excluding carboxylic acids is 2. The van der Waals surface area contributed by atoms with Crippen molar-refractivity contribution in [2.75, 3.05) is 11.9 Å². The van der Waals surface area contributed by atoms with E-state index in [1.807, 2.05) is 49.4 Å². The summed E-state index contributed by atoms with van der Waals surface area (Å²) in [5.74, 6) is 0.411. The largest absolute Gasteiger partial charge is 0.484 e. The van der Waals surface area contributed by atoms with Gasteiger partial charge < -0.3 is 10.1 Å². The summed E-state index contributed by atoms with van der Waals surface area (Å²) < 4.78 is 5.54. The predicted octanol–water partition coefficient (Wildman–Crippen LogP) is 4.89. The highest BCUT2D eigenvalue weighted by Gasteiger charge is 2.09. The smallest absolute Gasteiger partial charge is 0.262 e. The number of benzene rings is 3. The molecule has 3 rings (SSSR count). The van der Waals surface area contributed by atoms with Crippen LogP contribution in [0.1, 0.15) is 34.8 Å². The highest BCUT2D eigenvalue weighted by atomic mass is 16.5. The summed E-state index contributed by atoms with van der Waals surface area (Å²) in [6, 6.07) is 24.7. The quantitative estimate of drug-likeness (QED) is 0.572. The van der Waals surface area contributed by atoms with Crippen molar-refractivity contribution in [3.63, 3.8) is 0 Å². The van der Waals surface area contributed by atoms with E-state index in [0.29, 0.717) is 17.7 Å². The molecule has 0 spiro atoms. The van der Waals surface area contributed by atoms with Gasteiger partial charge in [-0.3, -0.25) is 9.59 Å². The monoisotopic (exact) mass is 373 g/mol. The van der Waals surface area contributed by atoms with Gasteiger partial charge in [0.1, 0.15) is 5.75 Å². The Hall–Kier alpha value is -3.40. The Balaban J connectivity index is 1.58. The molecule has 4 nitrogen and oxygen atoms in total. The summed E-state index contributed by atoms with van der Waals surface area (Å²) in [6.07, 6.45) is 1.20. The van der Waals surface area contributed by atoms with E-state index in [1.165, 1.54) is 5.56 Å². The highest BCUT2D eigenvalue weighted by molar-refractivity contribution is 5.96. The Labute approximate surface area is 165 Å². The minimum Gasteiger partial charge on any atom is -0.484 e. The summed E-state index contributed by atoms with van der Waals surface area (Å²) in [5, 5.41) is 2.92. The third kappa shape index (κ3) is 5.30. The Morgan fingerprint density at radius 2 is 1.54 bits per heavy atom. The molecule has 3 aromatic carbocycles. The molecule has 0 fully saturated rings. The fourth-order valence-corrected chi connectivity index (χ4v) is 2.89. The van der Waals surface area contributed by atoms with Gasteiger partial charge in [-0.05, 0) is 47.9 Å². The first-order chi connectivity index (χ1) is 13.7. The zero-order valence-corrected chi connectivity index (χ0v) is 15.9. The molecule has 0 bridgehead atoms. The first-order valence-corrected chi connectivity index (χ1v) is 9.33. The van der Waals surface area contributed by atoms with Crippen molar-refractivity contribution in [1.82, 2.24) is 0 Å². The van der Waals surface area contributed by atoms with E-state index in [9.17, 15) is 9.59 Å². The van der Waals surface area contributed by atoms with Crippen LogP contribution in [0.3, 0.4) is 0 Å². The second-order valence-corrected chi connectivity index (χ2v) is 6.46. The van der Waals surface area contributed by atoms with Crippen molar-refractivity contribution in [1.29, 1.82) is 0 Å². The number of nitrogens with one attached hydrogen (secondary N) is 1. The fraction of sp³-hybridized carbons (Fsp3) is 0.167. The lowest BCUT2D eigenvalue weighted by atomic mass is 10.0. The van der Waals surface area contributed by atoms with E-state index in [4.69, 9.17) is 4.74 Å². The lowest BCUT2D eigenvalue weighted by Crippen LogP contribution is -2.21. The van der Waals surface area contributed by atoms with E-state index >= 15 is 0 Å². The number of amides is 1. The average Bonchev–Trinajstić information content (AvgIpc) is 2.74. The molecule has 4 heteroatoms. The van der Waals surface area contributed by atoms with Gasteiger partial charge >= 0.3 is 0 Å². The van der Waals surface area contributed by atoms with Crippen molar-refractivity contribution in [3.05, 3.63) is 95.6 Å². The zero-order valence-electron chi connectivity index (χ0n) is 15.9. The van der Waals surface area contributed by atoms with Crippen LogP contribution in [0.5, 0.6) is 5.75 Å². The second-order valence-electron chi connectivity index (χ2n) is 6.46. The molecule has 3 aromatic rings. The van der Waals surface area contributed by atoms with Gasteiger partial charge in [-0.1, -0.05) is 55.5 Å². The number of ketones is 1. The number of carbonyl (C=O) groups is 2. The van der Waals surface area contributed by atoms with E-state index in [0.717, 1.165) is 17.7 Å². The van der Waals surface area contributed by atoms with Crippen LogP contribution in [0.15, 0.2) is 78.9 Å². The molecule has 0 aromatic heterocycles. The summed E-state index contributed by atoms with van der Waals surface area (Å²) in [7, 11) is 0. The highest BCUT2D eigenvalue weighted by Crippen LogP contribution is 2.19. The number of anilines is 1. The minimum absolute atomic E-state index is 0.0827. The van der Waals surface area contributed by atoms with Crippen LogP contribution < -0.4 is 10.1 Å². The molecule has 0 aliphatic heterocycles. The van der Waals surface area contributed by atoms with Gasteiger partial charge in [0.25, 0.3) is 5.91 Å². The van der Waals surface area contributed by atoms with Crippen LogP contribution in [-0.2, 0) is 11.2 Å². The first-order valence-electron chi connectivity index (χ1n) is 9.33. The van der Waals surface area contributed by atoms with Crippen LogP contribution in [0, 0.1) is 0 Å².